The van der Waals surface area contributed by atoms with Gasteiger partial charge in [0.05, 0.1) is 29.4 Å². The van der Waals surface area contributed by atoms with E-state index in [9.17, 15) is 9.59 Å². The van der Waals surface area contributed by atoms with Gasteiger partial charge in [-0.1, -0.05) is 11.6 Å². The fourth-order valence-electron chi connectivity index (χ4n) is 3.06. The second-order valence-electron chi connectivity index (χ2n) is 6.77. The van der Waals surface area contributed by atoms with E-state index >= 15 is 0 Å². The third kappa shape index (κ3) is 4.12. The number of anilines is 1. The molecule has 0 fully saturated rings. The van der Waals surface area contributed by atoms with Crippen LogP contribution in [0.1, 0.15) is 15.2 Å². The smallest absolute Gasteiger partial charge is 0.266 e. The quantitative estimate of drug-likeness (QED) is 0.457. The highest BCUT2D eigenvalue weighted by Crippen LogP contribution is 2.34. The molecule has 31 heavy (non-hydrogen) atoms. The first-order valence-electron chi connectivity index (χ1n) is 9.25. The van der Waals surface area contributed by atoms with Gasteiger partial charge in [0.15, 0.2) is 5.75 Å². The molecule has 2 aromatic carbocycles. The minimum Gasteiger partial charge on any atom is -0.497 e. The van der Waals surface area contributed by atoms with Crippen molar-refractivity contribution in [1.29, 1.82) is 0 Å². The Hall–Kier alpha value is -3.36. The molecule has 7 nitrogen and oxygen atoms in total. The van der Waals surface area contributed by atoms with Crippen LogP contribution in [0.3, 0.4) is 0 Å². The number of amides is 1. The molecule has 0 spiro atoms. The van der Waals surface area contributed by atoms with Crippen LogP contribution < -0.4 is 20.3 Å². The van der Waals surface area contributed by atoms with Gasteiger partial charge in [0.25, 0.3) is 11.5 Å². The fourth-order valence-corrected chi connectivity index (χ4v) is 4.27. The van der Waals surface area contributed by atoms with E-state index in [0.717, 1.165) is 0 Å². The molecule has 1 amide bonds. The van der Waals surface area contributed by atoms with Crippen molar-refractivity contribution in [3.63, 3.8) is 0 Å². The lowest BCUT2D eigenvalue weighted by atomic mass is 10.2. The Balaban J connectivity index is 1.66. The van der Waals surface area contributed by atoms with Crippen LogP contribution in [0.25, 0.3) is 10.2 Å². The number of methoxy groups -OCH3 is 1. The van der Waals surface area contributed by atoms with Crippen molar-refractivity contribution in [3.05, 3.63) is 74.6 Å². The fraction of sp³-hybridized carbons (Fsp3) is 0.136. The average molecular weight is 456 g/mol. The van der Waals surface area contributed by atoms with Crippen molar-refractivity contribution in [2.45, 2.75) is 6.92 Å². The van der Waals surface area contributed by atoms with Gasteiger partial charge in [0.1, 0.15) is 16.3 Å². The first kappa shape index (κ1) is 20.9. The minimum atomic E-state index is -0.371. The number of nitrogens with one attached hydrogen (secondary N) is 1. The molecular formula is C22H18ClN3O4S. The van der Waals surface area contributed by atoms with Crippen LogP contribution in [0.4, 0.5) is 5.69 Å². The highest BCUT2D eigenvalue weighted by Gasteiger charge is 2.20. The van der Waals surface area contributed by atoms with Crippen LogP contribution in [-0.2, 0) is 7.05 Å². The molecule has 2 heterocycles. The molecule has 0 aliphatic heterocycles. The number of aryl methyl sites for hydroxylation is 2. The van der Waals surface area contributed by atoms with E-state index in [1.54, 1.807) is 63.5 Å². The lowest BCUT2D eigenvalue weighted by molar-refractivity contribution is 0.102. The molecule has 0 aliphatic carbocycles. The Morgan fingerprint density at radius 1 is 1.16 bits per heavy atom. The number of thiophene rings is 1. The van der Waals surface area contributed by atoms with Crippen LogP contribution in [0.15, 0.2) is 53.6 Å². The molecule has 2 aromatic heterocycles. The molecule has 0 aliphatic rings. The zero-order valence-corrected chi connectivity index (χ0v) is 18.5. The third-order valence-electron chi connectivity index (χ3n) is 4.69. The molecule has 4 aromatic rings. The first-order chi connectivity index (χ1) is 14.9. The monoisotopic (exact) mass is 455 g/mol. The summed E-state index contributed by atoms with van der Waals surface area (Å²) in [5.41, 5.74) is 0.806. The van der Waals surface area contributed by atoms with Gasteiger partial charge in [-0.25, -0.2) is 4.98 Å². The van der Waals surface area contributed by atoms with Crippen molar-refractivity contribution in [2.24, 2.45) is 7.05 Å². The van der Waals surface area contributed by atoms with Crippen molar-refractivity contribution in [2.75, 3.05) is 12.4 Å². The Bertz CT molecular complexity index is 1350. The lowest BCUT2D eigenvalue weighted by Crippen LogP contribution is -2.17. The Morgan fingerprint density at radius 2 is 1.87 bits per heavy atom. The number of nitrogens with zero attached hydrogens (tertiary/aromatic N) is 2. The van der Waals surface area contributed by atoms with Crippen LogP contribution in [-0.4, -0.2) is 22.6 Å². The van der Waals surface area contributed by atoms with E-state index in [-0.39, 0.29) is 11.5 Å². The van der Waals surface area contributed by atoms with Gasteiger partial charge < -0.3 is 19.4 Å². The van der Waals surface area contributed by atoms with E-state index in [4.69, 9.17) is 21.1 Å². The Kier molecular flexibility index (Phi) is 5.67. The zero-order valence-electron chi connectivity index (χ0n) is 16.9. The molecule has 1 N–H and O–H groups in total. The molecule has 4 rings (SSSR count). The molecule has 0 unspecified atom stereocenters. The maximum atomic E-state index is 13.0. The summed E-state index contributed by atoms with van der Waals surface area (Å²) in [4.78, 5) is 30.7. The average Bonchev–Trinajstić information content (AvgIpc) is 3.10. The molecule has 9 heteroatoms. The number of rotatable bonds is 5. The summed E-state index contributed by atoms with van der Waals surface area (Å²) >= 11 is 7.32. The predicted molar refractivity (Wildman–Crippen MR) is 122 cm³/mol. The van der Waals surface area contributed by atoms with Gasteiger partial charge >= 0.3 is 0 Å². The maximum absolute atomic E-state index is 13.0. The van der Waals surface area contributed by atoms with E-state index in [2.05, 4.69) is 10.3 Å². The highest BCUT2D eigenvalue weighted by molar-refractivity contribution is 7.20. The number of aromatic nitrogens is 2. The van der Waals surface area contributed by atoms with Crippen LogP contribution in [0, 0.1) is 6.92 Å². The Labute approximate surface area is 186 Å². The van der Waals surface area contributed by atoms with Gasteiger partial charge in [0.2, 0.25) is 0 Å². The van der Waals surface area contributed by atoms with Gasteiger partial charge in [0, 0.05) is 12.1 Å². The minimum absolute atomic E-state index is 0.191. The molecule has 0 atom stereocenters. The number of carbonyl (C=O) groups excluding carboxylic acids is 1. The number of carbonyl (C=O) groups is 1. The van der Waals surface area contributed by atoms with E-state index < -0.39 is 0 Å². The van der Waals surface area contributed by atoms with Gasteiger partial charge in [-0.3, -0.25) is 9.59 Å². The number of hydrogen-bond acceptors (Lipinski definition) is 6. The van der Waals surface area contributed by atoms with Crippen molar-refractivity contribution in [3.8, 4) is 17.2 Å². The largest absolute Gasteiger partial charge is 0.497 e. The topological polar surface area (TPSA) is 82.4 Å². The number of halogens is 1. The van der Waals surface area contributed by atoms with Crippen LogP contribution in [0.5, 0.6) is 17.2 Å². The second-order valence-corrected chi connectivity index (χ2v) is 8.20. The number of fused-ring (bicyclic) bond motifs is 1. The van der Waals surface area contributed by atoms with Crippen LogP contribution >= 0.6 is 22.9 Å². The molecular weight excluding hydrogens is 438 g/mol. The maximum Gasteiger partial charge on any atom is 0.266 e. The summed E-state index contributed by atoms with van der Waals surface area (Å²) in [5, 5.41) is 3.74. The molecule has 0 bridgehead atoms. The Morgan fingerprint density at radius 3 is 2.58 bits per heavy atom. The summed E-state index contributed by atoms with van der Waals surface area (Å²) in [6.45, 7) is 1.74. The molecule has 0 saturated heterocycles. The highest BCUT2D eigenvalue weighted by atomic mass is 35.5. The summed E-state index contributed by atoms with van der Waals surface area (Å²) in [6, 6.07) is 12.0. The summed E-state index contributed by atoms with van der Waals surface area (Å²) in [6.07, 6.45) is 1.44. The SMILES string of the molecule is COc1ccc(Oc2ccc(Cl)cc2NC(=O)c2sc3ncn(C)c(=O)c3c2C)cc1. The van der Waals surface area contributed by atoms with E-state index in [1.807, 2.05) is 0 Å². The van der Waals surface area contributed by atoms with Crippen molar-refractivity contribution < 1.29 is 14.3 Å². The number of benzene rings is 2. The van der Waals surface area contributed by atoms with Gasteiger partial charge in [-0.05, 0) is 55.0 Å². The predicted octanol–water partition coefficient (Wildman–Crippen LogP) is 5.01. The van der Waals surface area contributed by atoms with E-state index in [1.165, 1.54) is 22.2 Å². The summed E-state index contributed by atoms with van der Waals surface area (Å²) in [7, 11) is 3.21. The summed E-state index contributed by atoms with van der Waals surface area (Å²) in [5.74, 6) is 1.33. The van der Waals surface area contributed by atoms with Gasteiger partial charge in [-0.15, -0.1) is 11.3 Å². The first-order valence-corrected chi connectivity index (χ1v) is 10.4. The zero-order chi connectivity index (χ0) is 22.1. The summed E-state index contributed by atoms with van der Waals surface area (Å²) < 4.78 is 12.5. The van der Waals surface area contributed by atoms with Crippen molar-refractivity contribution >= 4 is 44.7 Å². The second kappa shape index (κ2) is 8.41. The van der Waals surface area contributed by atoms with E-state index in [0.29, 0.717) is 48.6 Å². The van der Waals surface area contributed by atoms with Crippen molar-refractivity contribution in [1.82, 2.24) is 9.55 Å². The molecule has 158 valence electrons. The van der Waals surface area contributed by atoms with Gasteiger partial charge in [-0.2, -0.15) is 0 Å². The standard InChI is InChI=1S/C22H18ClN3O4S/c1-12-18-21(24-11-26(2)22(18)28)31-19(12)20(27)25-16-10-13(23)4-9-17(16)30-15-7-5-14(29-3)6-8-15/h4-11H,1-3H3,(H,25,27). The number of hydrogen-bond donors (Lipinski definition) is 1. The number of ether oxygens (including phenoxy) is 2. The third-order valence-corrected chi connectivity index (χ3v) is 6.13. The molecule has 0 saturated carbocycles. The lowest BCUT2D eigenvalue weighted by Gasteiger charge is -2.13. The molecule has 0 radical (unpaired) electrons. The normalized spacial score (nSPS) is 10.8. The van der Waals surface area contributed by atoms with Crippen LogP contribution in [0.2, 0.25) is 5.02 Å².